The van der Waals surface area contributed by atoms with Gasteiger partial charge in [-0.2, -0.15) is 18.3 Å². The van der Waals surface area contributed by atoms with Crippen molar-refractivity contribution in [3.63, 3.8) is 0 Å². The summed E-state index contributed by atoms with van der Waals surface area (Å²) in [6, 6.07) is 9.66. The Morgan fingerprint density at radius 2 is 1.96 bits per heavy atom. The Morgan fingerprint density at radius 1 is 1.29 bits per heavy atom. The fourth-order valence-electron chi connectivity index (χ4n) is 3.07. The Morgan fingerprint density at radius 3 is 2.50 bits per heavy atom. The van der Waals surface area contributed by atoms with Crippen LogP contribution in [0.3, 0.4) is 0 Å². The first kappa shape index (κ1) is 20.2. The highest BCUT2D eigenvalue weighted by Crippen LogP contribution is 2.37. The lowest BCUT2D eigenvalue weighted by Gasteiger charge is -2.40. The van der Waals surface area contributed by atoms with Crippen molar-refractivity contribution in [1.82, 2.24) is 14.7 Å². The fraction of sp³-hybridized carbons (Fsp3) is 0.474. The van der Waals surface area contributed by atoms with E-state index in [-0.39, 0.29) is 13.2 Å². The Labute approximate surface area is 161 Å². The second-order valence-corrected chi connectivity index (χ2v) is 7.64. The van der Waals surface area contributed by atoms with E-state index in [1.54, 1.807) is 13.8 Å². The maximum absolute atomic E-state index is 13.2. The summed E-state index contributed by atoms with van der Waals surface area (Å²) >= 11 is 0. The highest BCUT2D eigenvalue weighted by molar-refractivity contribution is 5.69. The number of benzene rings is 1. The normalized spacial score (nSPS) is 17.4. The molecule has 0 bridgehead atoms. The van der Waals surface area contributed by atoms with Gasteiger partial charge in [0.05, 0.1) is 18.3 Å². The number of aromatic nitrogens is 2. The molecule has 0 radical (unpaired) electrons. The van der Waals surface area contributed by atoms with E-state index in [0.717, 1.165) is 11.6 Å². The molecule has 28 heavy (non-hydrogen) atoms. The van der Waals surface area contributed by atoms with E-state index in [2.05, 4.69) is 5.10 Å². The lowest BCUT2D eigenvalue weighted by atomic mass is 9.99. The first-order valence-electron chi connectivity index (χ1n) is 8.96. The molecule has 0 aliphatic carbocycles. The molecule has 1 fully saturated rings. The van der Waals surface area contributed by atoms with Gasteiger partial charge in [0.15, 0.2) is 5.69 Å². The van der Waals surface area contributed by atoms with Crippen LogP contribution < -0.4 is 5.73 Å². The first-order chi connectivity index (χ1) is 13.0. The molecule has 3 rings (SSSR count). The van der Waals surface area contributed by atoms with Gasteiger partial charge in [0.2, 0.25) is 0 Å². The molecule has 1 aliphatic heterocycles. The number of alkyl halides is 3. The van der Waals surface area contributed by atoms with Crippen LogP contribution in [0.25, 0.3) is 0 Å². The Hall–Kier alpha value is -2.55. The number of nitrogens with two attached hydrogens (primary N) is 1. The zero-order valence-corrected chi connectivity index (χ0v) is 15.7. The summed E-state index contributed by atoms with van der Waals surface area (Å²) < 4.78 is 46.0. The minimum atomic E-state index is -4.57. The Balaban J connectivity index is 1.76. The zero-order chi connectivity index (χ0) is 20.5. The summed E-state index contributed by atoms with van der Waals surface area (Å²) in [6.07, 6.45) is -4.59. The number of ether oxygens (including phenoxy) is 1. The number of hydrogen-bond donors (Lipinski definition) is 1. The topological polar surface area (TPSA) is 73.4 Å². The van der Waals surface area contributed by atoms with Crippen LogP contribution in [0.1, 0.15) is 43.3 Å². The van der Waals surface area contributed by atoms with Crippen molar-refractivity contribution in [3.8, 4) is 0 Å². The zero-order valence-electron chi connectivity index (χ0n) is 15.7. The van der Waals surface area contributed by atoms with E-state index in [1.165, 1.54) is 9.58 Å². The number of amides is 1. The van der Waals surface area contributed by atoms with Crippen molar-refractivity contribution in [2.45, 2.75) is 51.2 Å². The van der Waals surface area contributed by atoms with Crippen LogP contribution in [-0.4, -0.2) is 32.9 Å². The summed E-state index contributed by atoms with van der Waals surface area (Å²) in [5.41, 5.74) is 5.38. The average Bonchev–Trinajstić information content (AvgIpc) is 2.94. The molecule has 1 saturated heterocycles. The van der Waals surface area contributed by atoms with Crippen molar-refractivity contribution in [1.29, 1.82) is 0 Å². The van der Waals surface area contributed by atoms with Gasteiger partial charge < -0.3 is 10.5 Å². The second kappa shape index (κ2) is 7.46. The van der Waals surface area contributed by atoms with Gasteiger partial charge in [-0.25, -0.2) is 4.79 Å². The highest BCUT2D eigenvalue weighted by Gasteiger charge is 2.41. The van der Waals surface area contributed by atoms with E-state index < -0.39 is 29.5 Å². The van der Waals surface area contributed by atoms with Gasteiger partial charge in [0, 0.05) is 12.1 Å². The summed E-state index contributed by atoms with van der Waals surface area (Å²) in [5, 5.41) is 3.69. The number of rotatable bonds is 5. The summed E-state index contributed by atoms with van der Waals surface area (Å²) in [7, 11) is 0. The van der Waals surface area contributed by atoms with E-state index in [1.807, 2.05) is 30.3 Å². The molecule has 2 heterocycles. The van der Waals surface area contributed by atoms with Crippen molar-refractivity contribution in [3.05, 3.63) is 53.3 Å². The maximum Gasteiger partial charge on any atom is 0.435 e. The molecule has 152 valence electrons. The van der Waals surface area contributed by atoms with Crippen LogP contribution >= 0.6 is 0 Å². The highest BCUT2D eigenvalue weighted by atomic mass is 19.4. The minimum absolute atomic E-state index is 0.0990. The third-order valence-electron chi connectivity index (χ3n) is 4.46. The standard InChI is InChI=1S/C19H23F3N4O2/c1-18(2,23)12-26-15(10-16(24-26)19(20,21)22)14-8-9-25(14)17(27)28-11-13-6-4-3-5-7-13/h3-7,10,14H,8-9,11-12,23H2,1-2H3. The monoisotopic (exact) mass is 396 g/mol. The van der Waals surface area contributed by atoms with E-state index in [4.69, 9.17) is 10.5 Å². The quantitative estimate of drug-likeness (QED) is 0.836. The molecule has 2 N–H and O–H groups in total. The van der Waals surface area contributed by atoms with E-state index in [9.17, 15) is 18.0 Å². The minimum Gasteiger partial charge on any atom is -0.445 e. The predicted octanol–water partition coefficient (Wildman–Crippen LogP) is 3.72. The molecular formula is C19H23F3N4O2. The van der Waals surface area contributed by atoms with Crippen LogP contribution in [0.5, 0.6) is 0 Å². The first-order valence-corrected chi connectivity index (χ1v) is 8.96. The number of nitrogens with zero attached hydrogens (tertiary/aromatic N) is 3. The molecule has 0 spiro atoms. The summed E-state index contributed by atoms with van der Waals surface area (Å²) in [5.74, 6) is 0. The van der Waals surface area contributed by atoms with Gasteiger partial charge in [-0.3, -0.25) is 9.58 Å². The molecule has 1 unspecified atom stereocenters. The maximum atomic E-state index is 13.2. The van der Waals surface area contributed by atoms with Crippen LogP contribution in [0.15, 0.2) is 36.4 Å². The average molecular weight is 396 g/mol. The van der Waals surface area contributed by atoms with Crippen LogP contribution in [0, 0.1) is 0 Å². The molecule has 2 aromatic rings. The molecule has 1 aromatic carbocycles. The molecule has 1 aromatic heterocycles. The van der Waals surface area contributed by atoms with Gasteiger partial charge in [-0.05, 0) is 31.9 Å². The van der Waals surface area contributed by atoms with Crippen molar-refractivity contribution < 1.29 is 22.7 Å². The number of carbonyl (C=O) groups excluding carboxylic acids is 1. The van der Waals surface area contributed by atoms with Gasteiger partial charge in [0.25, 0.3) is 0 Å². The molecule has 1 atom stereocenters. The van der Waals surface area contributed by atoms with Crippen molar-refractivity contribution >= 4 is 6.09 Å². The summed E-state index contributed by atoms with van der Waals surface area (Å²) in [6.45, 7) is 4.03. The van der Waals surface area contributed by atoms with E-state index in [0.29, 0.717) is 18.7 Å². The molecule has 1 aliphatic rings. The van der Waals surface area contributed by atoms with Gasteiger partial charge in [-0.15, -0.1) is 0 Å². The van der Waals surface area contributed by atoms with Crippen LogP contribution in [0.4, 0.5) is 18.0 Å². The lowest BCUT2D eigenvalue weighted by Crippen LogP contribution is -2.47. The molecular weight excluding hydrogens is 373 g/mol. The lowest BCUT2D eigenvalue weighted by molar-refractivity contribution is -0.141. The van der Waals surface area contributed by atoms with Gasteiger partial charge >= 0.3 is 12.3 Å². The van der Waals surface area contributed by atoms with E-state index >= 15 is 0 Å². The number of carbonyl (C=O) groups is 1. The van der Waals surface area contributed by atoms with Crippen LogP contribution in [0.2, 0.25) is 0 Å². The molecule has 6 nitrogen and oxygen atoms in total. The van der Waals surface area contributed by atoms with Crippen molar-refractivity contribution in [2.24, 2.45) is 5.73 Å². The van der Waals surface area contributed by atoms with Gasteiger partial charge in [-0.1, -0.05) is 30.3 Å². The summed E-state index contributed by atoms with van der Waals surface area (Å²) in [4.78, 5) is 13.8. The third kappa shape index (κ3) is 4.64. The van der Waals surface area contributed by atoms with Crippen LogP contribution in [-0.2, 0) is 24.1 Å². The SMILES string of the molecule is CC(C)(N)Cn1nc(C(F)(F)F)cc1C1CCN1C(=O)OCc1ccccc1. The van der Waals surface area contributed by atoms with Crippen molar-refractivity contribution in [2.75, 3.05) is 6.54 Å². The van der Waals surface area contributed by atoms with Gasteiger partial charge in [0.1, 0.15) is 6.61 Å². The Kier molecular flexibility index (Phi) is 5.38. The second-order valence-electron chi connectivity index (χ2n) is 7.64. The molecule has 9 heteroatoms. The molecule has 0 saturated carbocycles. The predicted molar refractivity (Wildman–Crippen MR) is 96.2 cm³/mol. The smallest absolute Gasteiger partial charge is 0.435 e. The number of halogens is 3. The number of hydrogen-bond acceptors (Lipinski definition) is 4. The Bertz CT molecular complexity index is 828. The number of likely N-dealkylation sites (tertiary alicyclic amines) is 1. The third-order valence-corrected chi connectivity index (χ3v) is 4.46. The molecule has 1 amide bonds. The fourth-order valence-corrected chi connectivity index (χ4v) is 3.07. The largest absolute Gasteiger partial charge is 0.445 e.